The van der Waals surface area contributed by atoms with Crippen LogP contribution in [-0.2, 0) is 16.4 Å². The zero-order valence-corrected chi connectivity index (χ0v) is 15.6. The number of rotatable bonds is 5. The van der Waals surface area contributed by atoms with Crippen LogP contribution in [-0.4, -0.2) is 14.0 Å². The molecule has 4 bridgehead atoms. The first-order valence-electron chi connectivity index (χ1n) is 9.46. The average molecular weight is 348 g/mol. The van der Waals surface area contributed by atoms with Crippen molar-refractivity contribution >= 4 is 10.0 Å². The molecule has 4 saturated carbocycles. The van der Waals surface area contributed by atoms with Crippen LogP contribution >= 0.6 is 0 Å². The summed E-state index contributed by atoms with van der Waals surface area (Å²) in [6, 6.07) is 7.49. The first kappa shape index (κ1) is 16.6. The van der Waals surface area contributed by atoms with Crippen molar-refractivity contribution in [2.75, 3.05) is 0 Å². The van der Waals surface area contributed by atoms with E-state index in [4.69, 9.17) is 0 Å². The van der Waals surface area contributed by atoms with Gasteiger partial charge >= 0.3 is 0 Å². The van der Waals surface area contributed by atoms with Gasteiger partial charge in [-0.3, -0.25) is 0 Å². The van der Waals surface area contributed by atoms with E-state index in [0.29, 0.717) is 10.8 Å². The Labute approximate surface area is 146 Å². The third-order valence-corrected chi connectivity index (χ3v) is 7.86. The Hall–Kier alpha value is -0.870. The van der Waals surface area contributed by atoms with Gasteiger partial charge in [0.1, 0.15) is 0 Å². The molecule has 0 heterocycles. The number of sulfonamides is 1. The maximum atomic E-state index is 12.9. The molecule has 1 N–H and O–H groups in total. The van der Waals surface area contributed by atoms with Gasteiger partial charge in [-0.05, 0) is 86.3 Å². The highest BCUT2D eigenvalue weighted by Crippen LogP contribution is 2.55. The van der Waals surface area contributed by atoms with E-state index in [1.165, 1.54) is 24.8 Å². The molecule has 4 aliphatic rings. The van der Waals surface area contributed by atoms with E-state index >= 15 is 0 Å². The molecule has 4 fully saturated rings. The molecule has 3 nitrogen and oxygen atoms in total. The van der Waals surface area contributed by atoms with Crippen LogP contribution in [0.4, 0.5) is 0 Å². The minimum absolute atomic E-state index is 0.163. The first-order valence-corrected chi connectivity index (χ1v) is 10.9. The zero-order chi connectivity index (χ0) is 16.9. The van der Waals surface area contributed by atoms with Crippen molar-refractivity contribution in [1.82, 2.24) is 4.72 Å². The van der Waals surface area contributed by atoms with Crippen LogP contribution in [0.5, 0.6) is 0 Å². The van der Waals surface area contributed by atoms with Crippen LogP contribution in [0.2, 0.25) is 0 Å². The largest absolute Gasteiger partial charge is 0.241 e. The van der Waals surface area contributed by atoms with Crippen LogP contribution in [0.1, 0.15) is 57.9 Å². The third-order valence-electron chi connectivity index (χ3n) is 6.27. The Morgan fingerprint density at radius 2 is 1.50 bits per heavy atom. The molecule has 1 aromatic rings. The van der Waals surface area contributed by atoms with Gasteiger partial charge < -0.3 is 0 Å². The van der Waals surface area contributed by atoms with E-state index in [1.807, 2.05) is 12.1 Å². The Balaban J connectivity index is 1.53. The summed E-state index contributed by atoms with van der Waals surface area (Å²) in [5.41, 5.74) is 1.04. The van der Waals surface area contributed by atoms with Gasteiger partial charge in [0, 0.05) is 5.54 Å². The minimum Gasteiger partial charge on any atom is -0.207 e. The van der Waals surface area contributed by atoms with Gasteiger partial charge in [0.15, 0.2) is 0 Å². The molecule has 5 rings (SSSR count). The SMILES string of the molecule is CC(C)Cc1ccc(S(=O)(=O)NC23CC4CC(CC(C4)C2)C3)cc1. The summed E-state index contributed by atoms with van der Waals surface area (Å²) in [4.78, 5) is 0.422. The van der Waals surface area contributed by atoms with Gasteiger partial charge in [0.25, 0.3) is 0 Å². The lowest BCUT2D eigenvalue weighted by atomic mass is 9.53. The highest BCUT2D eigenvalue weighted by Gasteiger charge is 2.52. The Kier molecular flexibility index (Phi) is 4.04. The number of hydrogen-bond donors (Lipinski definition) is 1. The molecule has 0 aliphatic heterocycles. The summed E-state index contributed by atoms with van der Waals surface area (Å²) in [6.07, 6.45) is 8.10. The lowest BCUT2D eigenvalue weighted by Crippen LogP contribution is -2.59. The molecular weight excluding hydrogens is 318 g/mol. The summed E-state index contributed by atoms with van der Waals surface area (Å²) < 4.78 is 29.0. The summed E-state index contributed by atoms with van der Waals surface area (Å²) in [5.74, 6) is 2.81. The third kappa shape index (κ3) is 3.15. The van der Waals surface area contributed by atoms with Crippen molar-refractivity contribution in [3.8, 4) is 0 Å². The van der Waals surface area contributed by atoms with Gasteiger partial charge in [-0.2, -0.15) is 0 Å². The van der Waals surface area contributed by atoms with Gasteiger partial charge in [0.2, 0.25) is 10.0 Å². The molecule has 0 aromatic heterocycles. The van der Waals surface area contributed by atoms with E-state index in [9.17, 15) is 8.42 Å². The predicted octanol–water partition coefficient (Wildman–Crippen LogP) is 4.13. The van der Waals surface area contributed by atoms with E-state index in [1.54, 1.807) is 12.1 Å². The molecule has 0 amide bonds. The maximum Gasteiger partial charge on any atom is 0.241 e. The fraction of sp³-hybridized carbons (Fsp3) is 0.700. The van der Waals surface area contributed by atoms with Gasteiger partial charge in [-0.1, -0.05) is 26.0 Å². The molecule has 0 atom stereocenters. The van der Waals surface area contributed by atoms with E-state index < -0.39 is 10.0 Å². The highest BCUT2D eigenvalue weighted by atomic mass is 32.2. The summed E-state index contributed by atoms with van der Waals surface area (Å²) in [7, 11) is -3.42. The lowest BCUT2D eigenvalue weighted by molar-refractivity contribution is -0.00810. The smallest absolute Gasteiger partial charge is 0.207 e. The minimum atomic E-state index is -3.42. The van der Waals surface area contributed by atoms with E-state index in [0.717, 1.165) is 43.4 Å². The molecule has 1 aromatic carbocycles. The van der Waals surface area contributed by atoms with Crippen molar-refractivity contribution < 1.29 is 8.42 Å². The monoisotopic (exact) mass is 347 g/mol. The average Bonchev–Trinajstić information content (AvgIpc) is 2.44. The molecule has 0 radical (unpaired) electrons. The summed E-state index contributed by atoms with van der Waals surface area (Å²) in [6.45, 7) is 4.36. The predicted molar refractivity (Wildman–Crippen MR) is 96.2 cm³/mol. The van der Waals surface area contributed by atoms with Crippen LogP contribution in [0, 0.1) is 23.7 Å². The Morgan fingerprint density at radius 3 is 1.96 bits per heavy atom. The van der Waals surface area contributed by atoms with Crippen LogP contribution in [0.25, 0.3) is 0 Å². The van der Waals surface area contributed by atoms with E-state index in [-0.39, 0.29) is 5.54 Å². The second-order valence-corrected chi connectivity index (χ2v) is 10.7. The van der Waals surface area contributed by atoms with Crippen LogP contribution < -0.4 is 4.72 Å². The van der Waals surface area contributed by atoms with Crippen molar-refractivity contribution in [3.05, 3.63) is 29.8 Å². The van der Waals surface area contributed by atoms with Crippen LogP contribution in [0.15, 0.2) is 29.2 Å². The van der Waals surface area contributed by atoms with Crippen LogP contribution in [0.3, 0.4) is 0 Å². The Bertz CT molecular complexity index is 670. The van der Waals surface area contributed by atoms with Crippen molar-refractivity contribution in [3.63, 3.8) is 0 Å². The van der Waals surface area contributed by atoms with Crippen molar-refractivity contribution in [1.29, 1.82) is 0 Å². The fourth-order valence-corrected chi connectivity index (χ4v) is 7.29. The van der Waals surface area contributed by atoms with Gasteiger partial charge in [0.05, 0.1) is 4.90 Å². The lowest BCUT2D eigenvalue weighted by Gasteiger charge is -2.56. The normalized spacial score (nSPS) is 34.9. The molecule has 24 heavy (non-hydrogen) atoms. The number of hydrogen-bond acceptors (Lipinski definition) is 2. The Morgan fingerprint density at radius 1 is 1.00 bits per heavy atom. The second-order valence-electron chi connectivity index (χ2n) is 9.05. The van der Waals surface area contributed by atoms with E-state index in [2.05, 4.69) is 18.6 Å². The van der Waals surface area contributed by atoms with Gasteiger partial charge in [-0.25, -0.2) is 13.1 Å². The first-order chi connectivity index (χ1) is 11.3. The van der Waals surface area contributed by atoms with Crippen molar-refractivity contribution in [2.45, 2.75) is 69.2 Å². The molecule has 132 valence electrons. The quantitative estimate of drug-likeness (QED) is 0.870. The molecule has 4 aliphatic carbocycles. The molecule has 0 spiro atoms. The molecule has 0 unspecified atom stereocenters. The topological polar surface area (TPSA) is 46.2 Å². The highest BCUT2D eigenvalue weighted by molar-refractivity contribution is 7.89. The van der Waals surface area contributed by atoms with Crippen molar-refractivity contribution in [2.24, 2.45) is 23.7 Å². The zero-order valence-electron chi connectivity index (χ0n) is 14.8. The second kappa shape index (κ2) is 5.84. The maximum absolute atomic E-state index is 12.9. The summed E-state index contributed by atoms with van der Waals surface area (Å²) in [5, 5.41) is 0. The van der Waals surface area contributed by atoms with Gasteiger partial charge in [-0.15, -0.1) is 0 Å². The standard InChI is InChI=1S/C20H29NO2S/c1-14(2)7-15-3-5-19(6-4-15)24(22,23)21-20-11-16-8-17(12-20)10-18(9-16)13-20/h3-6,14,16-18,21H,7-13H2,1-2H3. The summed E-state index contributed by atoms with van der Waals surface area (Å²) >= 11 is 0. The number of nitrogens with one attached hydrogen (secondary N) is 1. The number of benzene rings is 1. The molecular formula is C20H29NO2S. The molecule has 0 saturated heterocycles. The molecule has 4 heteroatoms. The fourth-order valence-electron chi connectivity index (χ4n) is 5.86.